The Balaban J connectivity index is 1.73. The molecule has 0 amide bonds. The third-order valence-electron chi connectivity index (χ3n) is 5.38. The lowest BCUT2D eigenvalue weighted by molar-refractivity contribution is 0.531. The first kappa shape index (κ1) is 20.7. The van der Waals surface area contributed by atoms with Crippen LogP contribution in [0, 0.1) is 5.82 Å². The van der Waals surface area contributed by atoms with E-state index in [4.69, 9.17) is 0 Å². The van der Waals surface area contributed by atoms with E-state index >= 15 is 4.39 Å². The lowest BCUT2D eigenvalue weighted by Gasteiger charge is -2.21. The average Bonchev–Trinajstić information content (AvgIpc) is 3.04. The normalized spacial score (nSPS) is 15.4. The number of halogens is 1. The molecule has 0 radical (unpaired) electrons. The monoisotopic (exact) mass is 428 g/mol. The molecule has 0 fully saturated rings. The van der Waals surface area contributed by atoms with Crippen LogP contribution < -0.4 is 10.0 Å². The maximum absolute atomic E-state index is 15.2. The summed E-state index contributed by atoms with van der Waals surface area (Å²) in [6.07, 6.45) is 4.82. The summed E-state index contributed by atoms with van der Waals surface area (Å²) in [5.41, 5.74) is 3.27. The van der Waals surface area contributed by atoms with Crippen LogP contribution in [0.2, 0.25) is 0 Å². The molecule has 3 aromatic rings. The number of hydrogen-bond donors (Lipinski definition) is 2. The fraction of sp³-hybridized carbons (Fsp3) is 0.318. The van der Waals surface area contributed by atoms with Gasteiger partial charge in [0.15, 0.2) is 0 Å². The van der Waals surface area contributed by atoms with Crippen LogP contribution in [0.4, 0.5) is 4.39 Å². The highest BCUT2D eigenvalue weighted by molar-refractivity contribution is 7.89. The van der Waals surface area contributed by atoms with Crippen molar-refractivity contribution in [2.75, 3.05) is 6.54 Å². The molecule has 0 bridgehead atoms. The molecular weight excluding hydrogens is 403 g/mol. The molecule has 2 aromatic carbocycles. The van der Waals surface area contributed by atoms with Crippen LogP contribution >= 0.6 is 0 Å². The zero-order valence-corrected chi connectivity index (χ0v) is 17.6. The van der Waals surface area contributed by atoms with Gasteiger partial charge in [0.25, 0.3) is 0 Å². The van der Waals surface area contributed by atoms with Crippen molar-refractivity contribution in [1.82, 2.24) is 19.8 Å². The SMILES string of the molecule is Cn1cc(S(=O)(=O)NC(Cc2ccccc2)c2cc3c(cc2F)CCCNC3)cn1. The van der Waals surface area contributed by atoms with E-state index in [2.05, 4.69) is 15.1 Å². The van der Waals surface area contributed by atoms with Crippen LogP contribution in [-0.2, 0) is 36.5 Å². The maximum atomic E-state index is 15.2. The molecule has 1 aliphatic heterocycles. The van der Waals surface area contributed by atoms with Crippen LogP contribution in [0.15, 0.2) is 59.8 Å². The van der Waals surface area contributed by atoms with Crippen molar-refractivity contribution in [3.63, 3.8) is 0 Å². The van der Waals surface area contributed by atoms with Crippen LogP contribution in [-0.4, -0.2) is 24.7 Å². The second-order valence-corrected chi connectivity index (χ2v) is 9.35. The lowest BCUT2D eigenvalue weighted by atomic mass is 9.94. The number of aryl methyl sites for hydroxylation is 2. The van der Waals surface area contributed by atoms with E-state index in [1.165, 1.54) is 17.1 Å². The van der Waals surface area contributed by atoms with Gasteiger partial charge in [0, 0.05) is 25.4 Å². The van der Waals surface area contributed by atoms with Gasteiger partial charge in [0.2, 0.25) is 10.0 Å². The molecule has 0 aliphatic carbocycles. The van der Waals surface area contributed by atoms with Gasteiger partial charge in [-0.2, -0.15) is 5.10 Å². The smallest absolute Gasteiger partial charge is 0.244 e. The third kappa shape index (κ3) is 4.61. The molecular formula is C22H25FN4O2S. The molecule has 6 nitrogen and oxygen atoms in total. The van der Waals surface area contributed by atoms with Crippen LogP contribution in [0.1, 0.15) is 34.7 Å². The van der Waals surface area contributed by atoms with Crippen molar-refractivity contribution in [3.8, 4) is 0 Å². The minimum Gasteiger partial charge on any atom is -0.313 e. The fourth-order valence-corrected chi connectivity index (χ4v) is 5.03. The minimum absolute atomic E-state index is 0.0555. The van der Waals surface area contributed by atoms with Crippen molar-refractivity contribution >= 4 is 10.0 Å². The second kappa shape index (κ2) is 8.67. The number of hydrogen-bond acceptors (Lipinski definition) is 4. The molecule has 2 N–H and O–H groups in total. The summed E-state index contributed by atoms with van der Waals surface area (Å²) < 4.78 is 45.3. The van der Waals surface area contributed by atoms with Crippen molar-refractivity contribution < 1.29 is 12.8 Å². The van der Waals surface area contributed by atoms with Crippen molar-refractivity contribution in [1.29, 1.82) is 0 Å². The molecule has 1 aliphatic rings. The Hall–Kier alpha value is -2.55. The standard InChI is InChI=1S/C22H25FN4O2S/c1-27-15-19(14-25-27)30(28,29)26-22(10-16-6-3-2-4-7-16)20-11-18-13-24-9-5-8-17(18)12-21(20)23/h2-4,6-7,11-12,14-15,22,24,26H,5,8-10,13H2,1H3. The van der Waals surface area contributed by atoms with Gasteiger partial charge < -0.3 is 5.32 Å². The number of rotatable bonds is 6. The lowest BCUT2D eigenvalue weighted by Crippen LogP contribution is -2.31. The van der Waals surface area contributed by atoms with Crippen molar-refractivity contribution in [2.24, 2.45) is 7.05 Å². The first-order chi connectivity index (χ1) is 14.4. The van der Waals surface area contributed by atoms with E-state index in [0.717, 1.165) is 36.1 Å². The van der Waals surface area contributed by atoms with E-state index in [9.17, 15) is 8.42 Å². The highest BCUT2D eigenvalue weighted by atomic mass is 32.2. The molecule has 4 rings (SSSR count). The largest absolute Gasteiger partial charge is 0.313 e. The van der Waals surface area contributed by atoms with Gasteiger partial charge in [-0.25, -0.2) is 17.5 Å². The van der Waals surface area contributed by atoms with Crippen LogP contribution in [0.5, 0.6) is 0 Å². The summed E-state index contributed by atoms with van der Waals surface area (Å²) in [5.74, 6) is -0.384. The number of sulfonamides is 1. The zero-order valence-electron chi connectivity index (χ0n) is 16.8. The van der Waals surface area contributed by atoms with Crippen molar-refractivity contribution in [2.45, 2.75) is 36.7 Å². The summed E-state index contributed by atoms with van der Waals surface area (Å²) in [6, 6.07) is 12.1. The van der Waals surface area contributed by atoms with E-state index in [-0.39, 0.29) is 10.7 Å². The van der Waals surface area contributed by atoms with Gasteiger partial charge in [-0.3, -0.25) is 4.68 Å². The van der Waals surface area contributed by atoms with Gasteiger partial charge in [0.1, 0.15) is 10.7 Å². The Labute approximate surface area is 176 Å². The first-order valence-corrected chi connectivity index (χ1v) is 11.5. The van der Waals surface area contributed by atoms with E-state index in [1.807, 2.05) is 36.4 Å². The van der Waals surface area contributed by atoms with Crippen LogP contribution in [0.25, 0.3) is 0 Å². The van der Waals surface area contributed by atoms with Crippen molar-refractivity contribution in [3.05, 3.63) is 82.9 Å². The second-order valence-electron chi connectivity index (χ2n) is 7.64. The van der Waals surface area contributed by atoms with Gasteiger partial charge in [-0.1, -0.05) is 30.3 Å². The van der Waals surface area contributed by atoms with E-state index < -0.39 is 16.1 Å². The average molecular weight is 429 g/mol. The molecule has 1 atom stereocenters. The molecule has 8 heteroatoms. The number of fused-ring (bicyclic) bond motifs is 1. The Kier molecular flexibility index (Phi) is 5.99. The number of nitrogens with one attached hydrogen (secondary N) is 2. The summed E-state index contributed by atoms with van der Waals surface area (Å²) >= 11 is 0. The Bertz CT molecular complexity index is 1130. The molecule has 0 saturated heterocycles. The highest BCUT2D eigenvalue weighted by Crippen LogP contribution is 2.28. The molecule has 30 heavy (non-hydrogen) atoms. The van der Waals surface area contributed by atoms with Crippen LogP contribution in [0.3, 0.4) is 0 Å². The summed E-state index contributed by atoms with van der Waals surface area (Å²) in [6.45, 7) is 1.53. The summed E-state index contributed by atoms with van der Waals surface area (Å²) in [5, 5.41) is 7.29. The Morgan fingerprint density at radius 2 is 2.03 bits per heavy atom. The highest BCUT2D eigenvalue weighted by Gasteiger charge is 2.26. The first-order valence-electron chi connectivity index (χ1n) is 9.99. The number of nitrogens with zero attached hydrogens (tertiary/aromatic N) is 2. The van der Waals surface area contributed by atoms with E-state index in [0.29, 0.717) is 18.5 Å². The Morgan fingerprint density at radius 1 is 1.23 bits per heavy atom. The molecule has 158 valence electrons. The number of aromatic nitrogens is 2. The van der Waals surface area contributed by atoms with Gasteiger partial charge in [-0.15, -0.1) is 0 Å². The van der Waals surface area contributed by atoms with Gasteiger partial charge in [0.05, 0.1) is 12.2 Å². The predicted molar refractivity (Wildman–Crippen MR) is 113 cm³/mol. The summed E-state index contributed by atoms with van der Waals surface area (Å²) in [4.78, 5) is 0.0555. The Morgan fingerprint density at radius 3 is 2.77 bits per heavy atom. The topological polar surface area (TPSA) is 76.0 Å². The number of benzene rings is 2. The third-order valence-corrected chi connectivity index (χ3v) is 6.81. The molecule has 0 saturated carbocycles. The van der Waals surface area contributed by atoms with Gasteiger partial charge >= 0.3 is 0 Å². The summed E-state index contributed by atoms with van der Waals surface area (Å²) in [7, 11) is -2.22. The molecule has 1 unspecified atom stereocenters. The predicted octanol–water partition coefficient (Wildman–Crippen LogP) is 2.86. The fourth-order valence-electron chi connectivity index (χ4n) is 3.83. The van der Waals surface area contributed by atoms with E-state index in [1.54, 1.807) is 13.1 Å². The minimum atomic E-state index is -3.87. The van der Waals surface area contributed by atoms with Gasteiger partial charge in [-0.05, 0) is 54.6 Å². The zero-order chi connectivity index (χ0) is 21.1. The molecule has 1 aromatic heterocycles. The quantitative estimate of drug-likeness (QED) is 0.633. The maximum Gasteiger partial charge on any atom is 0.244 e. The molecule has 0 spiro atoms. The molecule has 2 heterocycles.